The third-order valence-electron chi connectivity index (χ3n) is 3.47. The molecule has 0 saturated heterocycles. The molecular weight excluding hydrogens is 337 g/mol. The molecule has 1 aromatic heterocycles. The first-order valence-corrected chi connectivity index (χ1v) is 7.15. The molecule has 110 valence electrons. The number of aromatic nitrogens is 1. The second-order valence-electron chi connectivity index (χ2n) is 4.91. The molecule has 3 nitrogen and oxygen atoms in total. The SMILES string of the molecule is O=C(NC1CCC(C(F)(F)F)CC1)c1cccc(Br)n1. The second-order valence-corrected chi connectivity index (χ2v) is 5.72. The largest absolute Gasteiger partial charge is 0.391 e. The van der Waals surface area contributed by atoms with Crippen LogP contribution in [0.5, 0.6) is 0 Å². The van der Waals surface area contributed by atoms with Crippen LogP contribution in [0.15, 0.2) is 22.8 Å². The van der Waals surface area contributed by atoms with Crippen LogP contribution < -0.4 is 5.32 Å². The van der Waals surface area contributed by atoms with Crippen molar-refractivity contribution < 1.29 is 18.0 Å². The van der Waals surface area contributed by atoms with E-state index in [-0.39, 0.29) is 30.5 Å². The van der Waals surface area contributed by atoms with Crippen LogP contribution in [0, 0.1) is 5.92 Å². The highest BCUT2D eigenvalue weighted by atomic mass is 79.9. The maximum atomic E-state index is 12.5. The van der Waals surface area contributed by atoms with Gasteiger partial charge in [-0.1, -0.05) is 6.07 Å². The van der Waals surface area contributed by atoms with E-state index in [9.17, 15) is 18.0 Å². The topological polar surface area (TPSA) is 42.0 Å². The number of carbonyl (C=O) groups excluding carboxylic acids is 1. The minimum Gasteiger partial charge on any atom is -0.348 e. The Bertz CT molecular complexity index is 485. The predicted molar refractivity (Wildman–Crippen MR) is 71.2 cm³/mol. The van der Waals surface area contributed by atoms with E-state index in [0.717, 1.165) is 0 Å². The Kier molecular flexibility index (Phi) is 4.67. The molecule has 7 heteroatoms. The van der Waals surface area contributed by atoms with Crippen LogP contribution in [0.3, 0.4) is 0 Å². The normalized spacial score (nSPS) is 23.4. The standard InChI is InChI=1S/C13H14BrF3N2O/c14-11-3-1-2-10(19-11)12(20)18-9-6-4-8(5-7-9)13(15,16)17/h1-3,8-9H,4-7H2,(H,18,20). The smallest absolute Gasteiger partial charge is 0.348 e. The molecule has 0 spiro atoms. The molecule has 1 aliphatic carbocycles. The molecule has 2 rings (SSSR count). The number of rotatable bonds is 2. The Morgan fingerprint density at radius 3 is 2.45 bits per heavy atom. The average molecular weight is 351 g/mol. The van der Waals surface area contributed by atoms with Gasteiger partial charge in [0, 0.05) is 6.04 Å². The van der Waals surface area contributed by atoms with Crippen LogP contribution >= 0.6 is 15.9 Å². The Labute approximate surface area is 123 Å². The number of hydrogen-bond donors (Lipinski definition) is 1. The van der Waals surface area contributed by atoms with Crippen molar-refractivity contribution in [3.8, 4) is 0 Å². The first-order valence-electron chi connectivity index (χ1n) is 6.36. The van der Waals surface area contributed by atoms with E-state index in [1.165, 1.54) is 0 Å². The molecule has 1 heterocycles. The zero-order valence-electron chi connectivity index (χ0n) is 10.6. The third-order valence-corrected chi connectivity index (χ3v) is 3.91. The van der Waals surface area contributed by atoms with E-state index in [0.29, 0.717) is 17.4 Å². The third kappa shape index (κ3) is 3.94. The van der Waals surface area contributed by atoms with Crippen molar-refractivity contribution in [2.75, 3.05) is 0 Å². The van der Waals surface area contributed by atoms with Crippen LogP contribution in [0.25, 0.3) is 0 Å². The van der Waals surface area contributed by atoms with Crippen molar-refractivity contribution in [3.05, 3.63) is 28.5 Å². The molecule has 0 aliphatic heterocycles. The van der Waals surface area contributed by atoms with Gasteiger partial charge in [-0.2, -0.15) is 13.2 Å². The lowest BCUT2D eigenvalue weighted by atomic mass is 9.85. The molecule has 1 amide bonds. The summed E-state index contributed by atoms with van der Waals surface area (Å²) in [6, 6.07) is 4.75. The van der Waals surface area contributed by atoms with Crippen molar-refractivity contribution in [1.29, 1.82) is 0 Å². The number of pyridine rings is 1. The summed E-state index contributed by atoms with van der Waals surface area (Å²) >= 11 is 3.17. The van der Waals surface area contributed by atoms with Gasteiger partial charge in [-0.05, 0) is 53.7 Å². The zero-order chi connectivity index (χ0) is 14.8. The number of halogens is 4. The van der Waals surface area contributed by atoms with Crippen molar-refractivity contribution in [2.24, 2.45) is 5.92 Å². The fourth-order valence-electron chi connectivity index (χ4n) is 2.36. The molecule has 0 radical (unpaired) electrons. The highest BCUT2D eigenvalue weighted by Crippen LogP contribution is 2.37. The van der Waals surface area contributed by atoms with Crippen molar-refractivity contribution in [2.45, 2.75) is 37.9 Å². The van der Waals surface area contributed by atoms with E-state index in [1.807, 2.05) is 0 Å². The van der Waals surface area contributed by atoms with Crippen molar-refractivity contribution in [3.63, 3.8) is 0 Å². The van der Waals surface area contributed by atoms with E-state index in [1.54, 1.807) is 18.2 Å². The molecule has 0 aromatic carbocycles. The zero-order valence-corrected chi connectivity index (χ0v) is 12.2. The van der Waals surface area contributed by atoms with Gasteiger partial charge < -0.3 is 5.32 Å². The molecule has 0 atom stereocenters. The van der Waals surface area contributed by atoms with E-state index >= 15 is 0 Å². The summed E-state index contributed by atoms with van der Waals surface area (Å²) in [7, 11) is 0. The van der Waals surface area contributed by atoms with Gasteiger partial charge >= 0.3 is 6.18 Å². The van der Waals surface area contributed by atoms with E-state index in [4.69, 9.17) is 0 Å². The number of nitrogens with zero attached hydrogens (tertiary/aromatic N) is 1. The Morgan fingerprint density at radius 2 is 1.90 bits per heavy atom. The van der Waals surface area contributed by atoms with Gasteiger partial charge in [0.25, 0.3) is 5.91 Å². The number of amides is 1. The van der Waals surface area contributed by atoms with Crippen LogP contribution in [0.1, 0.15) is 36.2 Å². The monoisotopic (exact) mass is 350 g/mol. The van der Waals surface area contributed by atoms with Crippen molar-refractivity contribution in [1.82, 2.24) is 10.3 Å². The molecule has 1 aliphatic rings. The van der Waals surface area contributed by atoms with E-state index in [2.05, 4.69) is 26.2 Å². The number of alkyl halides is 3. The minimum atomic E-state index is -4.12. The second kappa shape index (κ2) is 6.11. The van der Waals surface area contributed by atoms with Gasteiger partial charge in [0.15, 0.2) is 0 Å². The van der Waals surface area contributed by atoms with Gasteiger partial charge in [0.1, 0.15) is 10.3 Å². The minimum absolute atomic E-state index is 0.0698. The van der Waals surface area contributed by atoms with Crippen LogP contribution in [0.2, 0.25) is 0 Å². The Morgan fingerprint density at radius 1 is 1.25 bits per heavy atom. The number of hydrogen-bond acceptors (Lipinski definition) is 2. The molecular formula is C13H14BrF3N2O. The van der Waals surface area contributed by atoms with Gasteiger partial charge in [-0.25, -0.2) is 4.98 Å². The fourth-order valence-corrected chi connectivity index (χ4v) is 2.70. The highest BCUT2D eigenvalue weighted by Gasteiger charge is 2.41. The van der Waals surface area contributed by atoms with Gasteiger partial charge in [-0.15, -0.1) is 0 Å². The molecule has 0 unspecified atom stereocenters. The molecule has 1 N–H and O–H groups in total. The first kappa shape index (κ1) is 15.3. The summed E-state index contributed by atoms with van der Waals surface area (Å²) in [4.78, 5) is 15.9. The van der Waals surface area contributed by atoms with Gasteiger partial charge in [0.2, 0.25) is 0 Å². The van der Waals surface area contributed by atoms with E-state index < -0.39 is 12.1 Å². The average Bonchev–Trinajstić information content (AvgIpc) is 2.38. The molecule has 0 bridgehead atoms. The quantitative estimate of drug-likeness (QED) is 0.826. The summed E-state index contributed by atoms with van der Waals surface area (Å²) in [6.45, 7) is 0. The van der Waals surface area contributed by atoms with Gasteiger partial charge in [0.05, 0.1) is 5.92 Å². The lowest BCUT2D eigenvalue weighted by Crippen LogP contribution is -2.40. The van der Waals surface area contributed by atoms with Crippen molar-refractivity contribution >= 4 is 21.8 Å². The number of carbonyl (C=O) groups is 1. The van der Waals surface area contributed by atoms with Gasteiger partial charge in [-0.3, -0.25) is 4.79 Å². The van der Waals surface area contributed by atoms with Crippen LogP contribution in [-0.2, 0) is 0 Å². The fraction of sp³-hybridized carbons (Fsp3) is 0.538. The Balaban J connectivity index is 1.88. The van der Waals surface area contributed by atoms with Crippen LogP contribution in [-0.4, -0.2) is 23.1 Å². The summed E-state index contributed by atoms with van der Waals surface area (Å²) in [5.41, 5.74) is 0.261. The molecule has 1 saturated carbocycles. The highest BCUT2D eigenvalue weighted by molar-refractivity contribution is 9.10. The number of nitrogens with one attached hydrogen (secondary N) is 1. The van der Waals surface area contributed by atoms with Crippen LogP contribution in [0.4, 0.5) is 13.2 Å². The maximum Gasteiger partial charge on any atom is 0.391 e. The molecule has 1 fully saturated rings. The maximum absolute atomic E-state index is 12.5. The Hall–Kier alpha value is -1.11. The molecule has 20 heavy (non-hydrogen) atoms. The summed E-state index contributed by atoms with van der Waals surface area (Å²) in [5, 5.41) is 2.74. The lowest BCUT2D eigenvalue weighted by molar-refractivity contribution is -0.182. The summed E-state index contributed by atoms with van der Waals surface area (Å²) < 4.78 is 38.2. The summed E-state index contributed by atoms with van der Waals surface area (Å²) in [5.74, 6) is -1.58. The first-order chi connectivity index (χ1) is 9.36. The predicted octanol–water partition coefficient (Wildman–Crippen LogP) is 3.70. The molecule has 1 aromatic rings. The lowest BCUT2D eigenvalue weighted by Gasteiger charge is -2.30. The summed E-state index contributed by atoms with van der Waals surface area (Å²) in [6.07, 6.45) is -3.28.